The molecule has 0 atom stereocenters. The first-order valence-corrected chi connectivity index (χ1v) is 5.89. The first-order valence-electron chi connectivity index (χ1n) is 5.51. The van der Waals surface area contributed by atoms with Crippen LogP contribution in [-0.2, 0) is 6.42 Å². The second-order valence-corrected chi connectivity index (χ2v) is 4.24. The van der Waals surface area contributed by atoms with Crippen LogP contribution in [-0.4, -0.2) is 9.97 Å². The van der Waals surface area contributed by atoms with E-state index >= 15 is 0 Å². The third kappa shape index (κ3) is 2.34. The molecule has 0 radical (unpaired) electrons. The monoisotopic (exact) mass is 268 g/mol. The molecule has 2 aromatic rings. The lowest BCUT2D eigenvalue weighted by molar-refractivity contribution is 0.509. The fourth-order valence-electron chi connectivity index (χ4n) is 1.62. The average Bonchev–Trinajstić information content (AvgIpc) is 2.36. The third-order valence-corrected chi connectivity index (χ3v) is 3.01. The van der Waals surface area contributed by atoms with Crippen LogP contribution in [0, 0.1) is 18.6 Å². The van der Waals surface area contributed by atoms with E-state index in [0.717, 1.165) is 12.1 Å². The molecule has 1 aromatic heterocycles. The lowest BCUT2D eigenvalue weighted by Crippen LogP contribution is -2.00. The molecule has 0 saturated heterocycles. The zero-order valence-corrected chi connectivity index (χ0v) is 10.7. The summed E-state index contributed by atoms with van der Waals surface area (Å²) in [5.41, 5.74) is 1.68. The molecule has 0 spiro atoms. The van der Waals surface area contributed by atoms with E-state index in [-0.39, 0.29) is 0 Å². The van der Waals surface area contributed by atoms with Crippen LogP contribution in [0.4, 0.5) is 8.78 Å². The predicted molar refractivity (Wildman–Crippen MR) is 66.5 cm³/mol. The first kappa shape index (κ1) is 12.9. The van der Waals surface area contributed by atoms with Gasteiger partial charge < -0.3 is 0 Å². The van der Waals surface area contributed by atoms with Crippen LogP contribution in [0.25, 0.3) is 11.3 Å². The van der Waals surface area contributed by atoms with Crippen molar-refractivity contribution in [2.45, 2.75) is 20.3 Å². The van der Waals surface area contributed by atoms with Gasteiger partial charge in [0.05, 0.1) is 5.69 Å². The summed E-state index contributed by atoms with van der Waals surface area (Å²) in [7, 11) is 0. The van der Waals surface area contributed by atoms with Gasteiger partial charge in [-0.3, -0.25) is 0 Å². The molecule has 94 valence electrons. The number of aryl methyl sites for hydroxylation is 1. The normalized spacial score (nSPS) is 10.7. The van der Waals surface area contributed by atoms with Crippen LogP contribution in [0.2, 0.25) is 5.15 Å². The highest BCUT2D eigenvalue weighted by molar-refractivity contribution is 6.30. The van der Waals surface area contributed by atoms with E-state index in [4.69, 9.17) is 11.6 Å². The van der Waals surface area contributed by atoms with Crippen molar-refractivity contribution in [2.24, 2.45) is 0 Å². The Morgan fingerprint density at radius 2 is 1.89 bits per heavy atom. The molecule has 0 saturated carbocycles. The van der Waals surface area contributed by atoms with E-state index in [1.807, 2.05) is 6.92 Å². The van der Waals surface area contributed by atoms with Crippen molar-refractivity contribution in [3.05, 3.63) is 46.4 Å². The Bertz CT molecular complexity index is 600. The number of nitrogens with zero attached hydrogens (tertiary/aromatic N) is 2. The van der Waals surface area contributed by atoms with Crippen LogP contribution in [0.5, 0.6) is 0 Å². The lowest BCUT2D eigenvalue weighted by atomic mass is 10.1. The summed E-state index contributed by atoms with van der Waals surface area (Å²) < 4.78 is 26.1. The van der Waals surface area contributed by atoms with Gasteiger partial charge in [0.2, 0.25) is 0 Å². The molecule has 0 unspecified atom stereocenters. The Labute approximate surface area is 109 Å². The van der Waals surface area contributed by atoms with Gasteiger partial charge in [-0.2, -0.15) is 0 Å². The lowest BCUT2D eigenvalue weighted by Gasteiger charge is -2.09. The number of hydrogen-bond donors (Lipinski definition) is 0. The van der Waals surface area contributed by atoms with Gasteiger partial charge in [-0.05, 0) is 25.1 Å². The second-order valence-electron chi connectivity index (χ2n) is 3.89. The number of benzene rings is 1. The molecule has 2 nitrogen and oxygen atoms in total. The molecule has 2 rings (SSSR count). The summed E-state index contributed by atoms with van der Waals surface area (Å²) in [5, 5.41) is 0.335. The highest BCUT2D eigenvalue weighted by Crippen LogP contribution is 2.26. The number of halogens is 3. The molecule has 0 bridgehead atoms. The quantitative estimate of drug-likeness (QED) is 0.771. The van der Waals surface area contributed by atoms with Crippen molar-refractivity contribution >= 4 is 11.6 Å². The Hall–Kier alpha value is -1.55. The maximum absolute atomic E-state index is 13.2. The summed E-state index contributed by atoms with van der Waals surface area (Å²) in [6.45, 7) is 3.65. The summed E-state index contributed by atoms with van der Waals surface area (Å²) in [6.07, 6.45) is 0.622. The van der Waals surface area contributed by atoms with Crippen molar-refractivity contribution in [1.29, 1.82) is 0 Å². The Morgan fingerprint density at radius 3 is 2.50 bits per heavy atom. The number of aromatic nitrogens is 2. The zero-order valence-electron chi connectivity index (χ0n) is 9.97. The molecule has 0 aliphatic heterocycles. The molecular formula is C13H11ClF2N2. The van der Waals surface area contributed by atoms with Crippen LogP contribution in [0.3, 0.4) is 0 Å². The molecule has 5 heteroatoms. The molecule has 1 heterocycles. The Morgan fingerprint density at radius 1 is 1.17 bits per heavy atom. The van der Waals surface area contributed by atoms with E-state index in [9.17, 15) is 8.78 Å². The third-order valence-electron chi connectivity index (χ3n) is 2.64. The Kier molecular flexibility index (Phi) is 3.57. The average molecular weight is 269 g/mol. The topological polar surface area (TPSA) is 25.8 Å². The van der Waals surface area contributed by atoms with Gasteiger partial charge in [0.1, 0.15) is 11.0 Å². The van der Waals surface area contributed by atoms with E-state index in [2.05, 4.69) is 9.97 Å². The zero-order chi connectivity index (χ0) is 13.3. The van der Waals surface area contributed by atoms with Crippen molar-refractivity contribution in [1.82, 2.24) is 9.97 Å². The van der Waals surface area contributed by atoms with Crippen LogP contribution in [0.1, 0.15) is 18.3 Å². The molecule has 0 amide bonds. The molecular weight excluding hydrogens is 258 g/mol. The van der Waals surface area contributed by atoms with Gasteiger partial charge in [-0.15, -0.1) is 0 Å². The van der Waals surface area contributed by atoms with Gasteiger partial charge in [0.15, 0.2) is 11.6 Å². The van der Waals surface area contributed by atoms with Crippen molar-refractivity contribution < 1.29 is 8.78 Å². The van der Waals surface area contributed by atoms with E-state index in [0.29, 0.717) is 34.2 Å². The SMILES string of the molecule is CCc1nc(Cl)c(C)c(-c2ccc(F)c(F)c2)n1. The van der Waals surface area contributed by atoms with Gasteiger partial charge in [0.25, 0.3) is 0 Å². The summed E-state index contributed by atoms with van der Waals surface area (Å²) in [4.78, 5) is 8.41. The number of rotatable bonds is 2. The van der Waals surface area contributed by atoms with Crippen LogP contribution in [0.15, 0.2) is 18.2 Å². The molecule has 0 aliphatic rings. The van der Waals surface area contributed by atoms with E-state index in [1.54, 1.807) is 6.92 Å². The van der Waals surface area contributed by atoms with E-state index in [1.165, 1.54) is 6.07 Å². The molecule has 0 fully saturated rings. The van der Waals surface area contributed by atoms with Crippen molar-refractivity contribution in [3.63, 3.8) is 0 Å². The summed E-state index contributed by atoms with van der Waals surface area (Å²) >= 11 is 6.00. The fraction of sp³-hybridized carbons (Fsp3) is 0.231. The Balaban J connectivity index is 2.62. The highest BCUT2D eigenvalue weighted by atomic mass is 35.5. The molecule has 18 heavy (non-hydrogen) atoms. The maximum atomic E-state index is 13.2. The van der Waals surface area contributed by atoms with Gasteiger partial charge in [0, 0.05) is 17.5 Å². The molecule has 0 aliphatic carbocycles. The fourth-order valence-corrected chi connectivity index (χ4v) is 1.80. The second kappa shape index (κ2) is 4.98. The summed E-state index contributed by atoms with van der Waals surface area (Å²) in [6, 6.07) is 3.66. The van der Waals surface area contributed by atoms with Gasteiger partial charge >= 0.3 is 0 Å². The van der Waals surface area contributed by atoms with E-state index < -0.39 is 11.6 Å². The van der Waals surface area contributed by atoms with Crippen LogP contribution < -0.4 is 0 Å². The van der Waals surface area contributed by atoms with Crippen molar-refractivity contribution in [2.75, 3.05) is 0 Å². The maximum Gasteiger partial charge on any atom is 0.159 e. The van der Waals surface area contributed by atoms with Crippen LogP contribution >= 0.6 is 11.6 Å². The largest absolute Gasteiger partial charge is 0.233 e. The minimum Gasteiger partial charge on any atom is -0.233 e. The molecule has 0 N–H and O–H groups in total. The minimum absolute atomic E-state index is 0.335. The van der Waals surface area contributed by atoms with Crippen molar-refractivity contribution in [3.8, 4) is 11.3 Å². The predicted octanol–water partition coefficient (Wildman–Crippen LogP) is 3.95. The standard InChI is InChI=1S/C13H11ClF2N2/c1-3-11-17-12(7(2)13(14)18-11)8-4-5-9(15)10(16)6-8/h4-6H,3H2,1-2H3. The minimum atomic E-state index is -0.903. The number of hydrogen-bond acceptors (Lipinski definition) is 2. The highest BCUT2D eigenvalue weighted by Gasteiger charge is 2.12. The van der Waals surface area contributed by atoms with Gasteiger partial charge in [-0.1, -0.05) is 18.5 Å². The smallest absolute Gasteiger partial charge is 0.159 e. The summed E-state index contributed by atoms with van der Waals surface area (Å²) in [5.74, 6) is -1.21. The van der Waals surface area contributed by atoms with Gasteiger partial charge in [-0.25, -0.2) is 18.7 Å². The first-order chi connectivity index (χ1) is 8.52. The molecule has 1 aromatic carbocycles.